The van der Waals surface area contributed by atoms with Gasteiger partial charge in [0.25, 0.3) is 0 Å². The highest BCUT2D eigenvalue weighted by atomic mass is 16.5. The number of methoxy groups -OCH3 is 2. The van der Waals surface area contributed by atoms with Crippen LogP contribution in [0.25, 0.3) is 0 Å². The molecule has 2 amide bonds. The van der Waals surface area contributed by atoms with Crippen LogP contribution in [-0.4, -0.2) is 32.6 Å². The van der Waals surface area contributed by atoms with Gasteiger partial charge in [0.2, 0.25) is 11.8 Å². The number of rotatable bonds is 5. The molecule has 28 heavy (non-hydrogen) atoms. The second-order valence-corrected chi connectivity index (χ2v) is 7.24. The lowest BCUT2D eigenvalue weighted by Gasteiger charge is -2.21. The summed E-state index contributed by atoms with van der Waals surface area (Å²) in [5.74, 6) is 0.688. The van der Waals surface area contributed by atoms with Crippen LogP contribution in [0, 0.1) is 5.92 Å². The smallest absolute Gasteiger partial charge is 0.227 e. The summed E-state index contributed by atoms with van der Waals surface area (Å²) in [4.78, 5) is 27.1. The molecule has 1 aliphatic carbocycles. The van der Waals surface area contributed by atoms with E-state index in [0.29, 0.717) is 23.7 Å². The summed E-state index contributed by atoms with van der Waals surface area (Å²) < 4.78 is 10.7. The van der Waals surface area contributed by atoms with Crippen molar-refractivity contribution >= 4 is 17.5 Å². The minimum Gasteiger partial charge on any atom is -0.497 e. The summed E-state index contributed by atoms with van der Waals surface area (Å²) in [6, 6.07) is 13.5. The van der Waals surface area contributed by atoms with E-state index in [1.54, 1.807) is 37.3 Å². The van der Waals surface area contributed by atoms with Crippen LogP contribution in [0.5, 0.6) is 11.5 Å². The van der Waals surface area contributed by atoms with Crippen molar-refractivity contribution < 1.29 is 19.1 Å². The second kappa shape index (κ2) is 7.54. The molecule has 2 unspecified atom stereocenters. The molecule has 6 heteroatoms. The molecule has 2 aromatic carbocycles. The molecular formula is C22H24N2O4. The van der Waals surface area contributed by atoms with Gasteiger partial charge in [0.1, 0.15) is 11.5 Å². The first-order valence-electron chi connectivity index (χ1n) is 9.51. The van der Waals surface area contributed by atoms with Gasteiger partial charge >= 0.3 is 0 Å². The van der Waals surface area contributed by atoms with Crippen molar-refractivity contribution in [3.63, 3.8) is 0 Å². The quantitative estimate of drug-likeness (QED) is 0.866. The maximum absolute atomic E-state index is 12.9. The number of amides is 2. The Morgan fingerprint density at radius 2 is 1.96 bits per heavy atom. The van der Waals surface area contributed by atoms with E-state index in [2.05, 4.69) is 17.4 Å². The number of hydrogen-bond donors (Lipinski definition) is 1. The van der Waals surface area contributed by atoms with Crippen LogP contribution in [0.15, 0.2) is 42.5 Å². The summed E-state index contributed by atoms with van der Waals surface area (Å²) >= 11 is 0. The van der Waals surface area contributed by atoms with Gasteiger partial charge in [0.15, 0.2) is 0 Å². The van der Waals surface area contributed by atoms with Crippen molar-refractivity contribution in [1.29, 1.82) is 0 Å². The monoisotopic (exact) mass is 380 g/mol. The summed E-state index contributed by atoms with van der Waals surface area (Å²) in [5, 5.41) is 3.15. The molecule has 1 fully saturated rings. The second-order valence-electron chi connectivity index (χ2n) is 7.24. The number of carbonyl (C=O) groups excluding carboxylic acids is 2. The number of nitrogens with one attached hydrogen (secondary N) is 1. The maximum atomic E-state index is 12.9. The van der Waals surface area contributed by atoms with Gasteiger partial charge in [-0.15, -0.1) is 0 Å². The minimum absolute atomic E-state index is 0.0270. The lowest BCUT2D eigenvalue weighted by Crippen LogP contribution is -2.35. The molecular weight excluding hydrogens is 356 g/mol. The predicted octanol–water partition coefficient (Wildman–Crippen LogP) is 2.86. The Labute approximate surface area is 164 Å². The van der Waals surface area contributed by atoms with E-state index in [0.717, 1.165) is 12.8 Å². The van der Waals surface area contributed by atoms with Crippen molar-refractivity contribution in [1.82, 2.24) is 5.32 Å². The van der Waals surface area contributed by atoms with Crippen LogP contribution in [-0.2, 0) is 16.0 Å². The molecule has 6 nitrogen and oxygen atoms in total. The standard InChI is InChI=1S/C22H24N2O4/c1-27-16-8-10-20(28-2)19(12-16)24-13-15(11-21(24)25)22(26)23-18-9-7-14-5-3-4-6-17(14)18/h3-6,8,10,12,15,18H,7,9,11,13H2,1-2H3,(H,23,26). The van der Waals surface area contributed by atoms with Gasteiger partial charge in [-0.2, -0.15) is 0 Å². The maximum Gasteiger partial charge on any atom is 0.227 e. The predicted molar refractivity (Wildman–Crippen MR) is 106 cm³/mol. The van der Waals surface area contributed by atoms with Crippen molar-refractivity contribution in [2.75, 3.05) is 25.7 Å². The molecule has 4 rings (SSSR count). The highest BCUT2D eigenvalue weighted by molar-refractivity contribution is 6.01. The number of hydrogen-bond acceptors (Lipinski definition) is 4. The van der Waals surface area contributed by atoms with E-state index in [-0.39, 0.29) is 30.2 Å². The van der Waals surface area contributed by atoms with E-state index in [4.69, 9.17) is 9.47 Å². The van der Waals surface area contributed by atoms with Crippen molar-refractivity contribution in [3.05, 3.63) is 53.6 Å². The number of benzene rings is 2. The average Bonchev–Trinajstić information content (AvgIpc) is 3.31. The molecule has 0 radical (unpaired) electrons. The molecule has 0 saturated carbocycles. The highest BCUT2D eigenvalue weighted by Crippen LogP contribution is 2.37. The summed E-state index contributed by atoms with van der Waals surface area (Å²) in [6.07, 6.45) is 2.07. The van der Waals surface area contributed by atoms with E-state index >= 15 is 0 Å². The van der Waals surface area contributed by atoms with Crippen LogP contribution < -0.4 is 19.7 Å². The third-order valence-corrected chi connectivity index (χ3v) is 5.62. The molecule has 1 saturated heterocycles. The third-order valence-electron chi connectivity index (χ3n) is 5.62. The third kappa shape index (κ3) is 3.30. The van der Waals surface area contributed by atoms with Gasteiger partial charge < -0.3 is 19.7 Å². The molecule has 0 spiro atoms. The zero-order chi connectivity index (χ0) is 19.7. The minimum atomic E-state index is -0.379. The zero-order valence-electron chi connectivity index (χ0n) is 16.1. The average molecular weight is 380 g/mol. The van der Waals surface area contributed by atoms with E-state index < -0.39 is 0 Å². The number of nitrogens with zero attached hydrogens (tertiary/aromatic N) is 1. The normalized spacial score (nSPS) is 20.8. The molecule has 1 aliphatic heterocycles. The Morgan fingerprint density at radius 3 is 2.75 bits per heavy atom. The summed E-state index contributed by atoms with van der Waals surface area (Å²) in [5.41, 5.74) is 3.11. The van der Waals surface area contributed by atoms with Crippen LogP contribution in [0.4, 0.5) is 5.69 Å². The van der Waals surface area contributed by atoms with Crippen molar-refractivity contribution in [2.24, 2.45) is 5.92 Å². The number of anilines is 1. The molecule has 2 aliphatic rings. The first-order chi connectivity index (χ1) is 13.6. The lowest BCUT2D eigenvalue weighted by molar-refractivity contribution is -0.127. The van der Waals surface area contributed by atoms with E-state index in [1.807, 2.05) is 12.1 Å². The van der Waals surface area contributed by atoms with Crippen LogP contribution in [0.2, 0.25) is 0 Å². The number of carbonyl (C=O) groups is 2. The lowest BCUT2D eigenvalue weighted by atomic mass is 10.1. The Balaban J connectivity index is 1.49. The van der Waals surface area contributed by atoms with Gasteiger partial charge in [-0.3, -0.25) is 9.59 Å². The van der Waals surface area contributed by atoms with Gasteiger partial charge in [-0.25, -0.2) is 0 Å². The molecule has 2 atom stereocenters. The zero-order valence-corrected chi connectivity index (χ0v) is 16.1. The van der Waals surface area contributed by atoms with Gasteiger partial charge in [0.05, 0.1) is 31.9 Å². The fraction of sp³-hybridized carbons (Fsp3) is 0.364. The fourth-order valence-corrected chi connectivity index (χ4v) is 4.12. The first-order valence-corrected chi connectivity index (χ1v) is 9.51. The van der Waals surface area contributed by atoms with Crippen LogP contribution in [0.3, 0.4) is 0 Å². The Kier molecular flexibility index (Phi) is 4.94. The number of aryl methyl sites for hydroxylation is 1. The summed E-state index contributed by atoms with van der Waals surface area (Å²) in [7, 11) is 3.14. The SMILES string of the molecule is COc1ccc(OC)c(N2CC(C(=O)NC3CCc4ccccc43)CC2=O)c1. The largest absolute Gasteiger partial charge is 0.497 e. The number of fused-ring (bicyclic) bond motifs is 1. The Hall–Kier alpha value is -3.02. The molecule has 146 valence electrons. The Bertz CT molecular complexity index is 911. The van der Waals surface area contributed by atoms with Crippen molar-refractivity contribution in [2.45, 2.75) is 25.3 Å². The molecule has 0 aromatic heterocycles. The molecule has 0 bridgehead atoms. The highest BCUT2D eigenvalue weighted by Gasteiger charge is 2.37. The van der Waals surface area contributed by atoms with Crippen LogP contribution in [0.1, 0.15) is 30.0 Å². The molecule has 2 aromatic rings. The Morgan fingerprint density at radius 1 is 1.14 bits per heavy atom. The van der Waals surface area contributed by atoms with E-state index in [9.17, 15) is 9.59 Å². The first kappa shape index (κ1) is 18.3. The van der Waals surface area contributed by atoms with Gasteiger partial charge in [0, 0.05) is 19.0 Å². The fourth-order valence-electron chi connectivity index (χ4n) is 4.12. The molecule has 1 N–H and O–H groups in total. The van der Waals surface area contributed by atoms with E-state index in [1.165, 1.54) is 11.1 Å². The van der Waals surface area contributed by atoms with Crippen LogP contribution >= 0.6 is 0 Å². The van der Waals surface area contributed by atoms with Gasteiger partial charge in [-0.1, -0.05) is 24.3 Å². The topological polar surface area (TPSA) is 67.9 Å². The summed E-state index contributed by atoms with van der Waals surface area (Å²) in [6.45, 7) is 0.336. The van der Waals surface area contributed by atoms with Crippen molar-refractivity contribution in [3.8, 4) is 11.5 Å². The molecule has 1 heterocycles. The number of ether oxygens (including phenoxy) is 2. The van der Waals surface area contributed by atoms with Gasteiger partial charge in [-0.05, 0) is 36.1 Å².